The predicted octanol–water partition coefficient (Wildman–Crippen LogP) is 3.60. The van der Waals surface area contributed by atoms with Crippen LogP contribution in [-0.2, 0) is 11.3 Å². The fourth-order valence-corrected chi connectivity index (χ4v) is 3.56. The van der Waals surface area contributed by atoms with E-state index in [-0.39, 0.29) is 17.3 Å². The largest absolute Gasteiger partial charge is 0.319 e. The van der Waals surface area contributed by atoms with E-state index in [1.54, 1.807) is 19.1 Å². The second-order valence-electron chi connectivity index (χ2n) is 5.96. The van der Waals surface area contributed by atoms with Gasteiger partial charge in [0.2, 0.25) is 0 Å². The maximum absolute atomic E-state index is 12.2. The number of carbonyl (C=O) groups is 1. The number of rotatable bonds is 7. The van der Waals surface area contributed by atoms with E-state index in [2.05, 4.69) is 20.1 Å². The number of fused-ring (bicyclic) bond motifs is 1. The molecule has 0 aliphatic carbocycles. The van der Waals surface area contributed by atoms with Gasteiger partial charge in [-0.05, 0) is 26.0 Å². The average Bonchev–Trinajstić information content (AvgIpc) is 3.08. The van der Waals surface area contributed by atoms with Gasteiger partial charge in [0, 0.05) is 24.2 Å². The molecule has 0 radical (unpaired) electrons. The molecule has 0 saturated carbocycles. The predicted molar refractivity (Wildman–Crippen MR) is 110 cm³/mol. The third kappa shape index (κ3) is 4.37. The molecule has 2 aromatic carbocycles. The molecule has 0 bridgehead atoms. The van der Waals surface area contributed by atoms with E-state index in [0.717, 1.165) is 22.7 Å². The zero-order valence-corrected chi connectivity index (χ0v) is 16.3. The van der Waals surface area contributed by atoms with Gasteiger partial charge in [0.15, 0.2) is 5.16 Å². The molecular weight excluding hydrogens is 378 g/mol. The minimum atomic E-state index is -0.466. The molecule has 1 amide bonds. The maximum atomic E-state index is 12.2. The number of nitro groups is 1. The number of benzene rings is 2. The van der Waals surface area contributed by atoms with E-state index < -0.39 is 4.92 Å². The standard InChI is InChI=1S/C19H19N5O3S/c1-3-23-17-10-5-4-9-16(17)20-19(23)28-12-18(25)22-21-13(2)14-7-6-8-15(11-14)24(26)27/h4-11H,3,12H2,1-2H3,(H,22,25)/b21-13-. The van der Waals surface area contributed by atoms with Crippen LogP contribution in [0.1, 0.15) is 19.4 Å². The molecule has 8 nitrogen and oxygen atoms in total. The third-order valence-electron chi connectivity index (χ3n) is 4.09. The number of hydrazone groups is 1. The van der Waals surface area contributed by atoms with E-state index in [1.165, 1.54) is 23.9 Å². The van der Waals surface area contributed by atoms with Crippen LogP contribution in [0.4, 0.5) is 5.69 Å². The number of hydrogen-bond acceptors (Lipinski definition) is 6. The van der Waals surface area contributed by atoms with Crippen LogP contribution in [0, 0.1) is 10.1 Å². The van der Waals surface area contributed by atoms with Crippen LogP contribution in [-0.4, -0.2) is 31.8 Å². The molecule has 144 valence electrons. The smallest absolute Gasteiger partial charge is 0.270 e. The molecule has 9 heteroatoms. The first-order chi connectivity index (χ1) is 13.5. The van der Waals surface area contributed by atoms with Gasteiger partial charge in [-0.25, -0.2) is 10.4 Å². The molecular formula is C19H19N5O3S. The highest BCUT2D eigenvalue weighted by Gasteiger charge is 2.12. The molecule has 1 heterocycles. The highest BCUT2D eigenvalue weighted by molar-refractivity contribution is 7.99. The van der Waals surface area contributed by atoms with E-state index in [1.807, 2.05) is 31.2 Å². The number of aromatic nitrogens is 2. The molecule has 0 saturated heterocycles. The molecule has 0 atom stereocenters. The summed E-state index contributed by atoms with van der Waals surface area (Å²) in [5.74, 6) is -0.112. The Bertz CT molecular complexity index is 1060. The monoisotopic (exact) mass is 397 g/mol. The lowest BCUT2D eigenvalue weighted by Gasteiger charge is -2.05. The zero-order chi connectivity index (χ0) is 20.1. The van der Waals surface area contributed by atoms with Gasteiger partial charge in [-0.3, -0.25) is 14.9 Å². The molecule has 3 rings (SSSR count). The van der Waals surface area contributed by atoms with Gasteiger partial charge in [-0.15, -0.1) is 0 Å². The zero-order valence-electron chi connectivity index (χ0n) is 15.5. The number of amides is 1. The van der Waals surface area contributed by atoms with Crippen molar-refractivity contribution >= 4 is 40.1 Å². The lowest BCUT2D eigenvalue weighted by Crippen LogP contribution is -2.21. The molecule has 0 aliphatic rings. The molecule has 0 unspecified atom stereocenters. The number of aryl methyl sites for hydroxylation is 1. The van der Waals surface area contributed by atoms with Gasteiger partial charge in [-0.1, -0.05) is 36.0 Å². The lowest BCUT2D eigenvalue weighted by atomic mass is 10.1. The number of para-hydroxylation sites is 2. The van der Waals surface area contributed by atoms with E-state index in [4.69, 9.17) is 0 Å². The van der Waals surface area contributed by atoms with Crippen molar-refractivity contribution in [2.24, 2.45) is 5.10 Å². The molecule has 0 aliphatic heterocycles. The van der Waals surface area contributed by atoms with Gasteiger partial charge in [0.1, 0.15) is 0 Å². The first-order valence-corrected chi connectivity index (χ1v) is 9.64. The van der Waals surface area contributed by atoms with Crippen LogP contribution in [0.5, 0.6) is 0 Å². The molecule has 0 fully saturated rings. The first-order valence-electron chi connectivity index (χ1n) is 8.65. The summed E-state index contributed by atoms with van der Waals surface area (Å²) in [7, 11) is 0. The highest BCUT2D eigenvalue weighted by Crippen LogP contribution is 2.23. The minimum Gasteiger partial charge on any atom is -0.319 e. The Morgan fingerprint density at radius 3 is 2.82 bits per heavy atom. The molecule has 1 aromatic heterocycles. The summed E-state index contributed by atoms with van der Waals surface area (Å²) in [6, 6.07) is 14.0. The van der Waals surface area contributed by atoms with Crippen LogP contribution >= 0.6 is 11.8 Å². The molecule has 0 spiro atoms. The van der Waals surface area contributed by atoms with Crippen LogP contribution in [0.15, 0.2) is 58.8 Å². The van der Waals surface area contributed by atoms with Crippen LogP contribution in [0.25, 0.3) is 11.0 Å². The van der Waals surface area contributed by atoms with Crippen molar-refractivity contribution in [1.29, 1.82) is 0 Å². The van der Waals surface area contributed by atoms with Crippen molar-refractivity contribution < 1.29 is 9.72 Å². The summed E-state index contributed by atoms with van der Waals surface area (Å²) in [6.45, 7) is 4.47. The number of nitrogens with one attached hydrogen (secondary N) is 1. The molecule has 1 N–H and O–H groups in total. The van der Waals surface area contributed by atoms with Gasteiger partial charge in [0.05, 0.1) is 27.4 Å². The Balaban J connectivity index is 1.64. The number of thioether (sulfide) groups is 1. The minimum absolute atomic E-state index is 0.0209. The summed E-state index contributed by atoms with van der Waals surface area (Å²) >= 11 is 1.34. The average molecular weight is 397 g/mol. The van der Waals surface area contributed by atoms with Crippen molar-refractivity contribution in [2.75, 3.05) is 5.75 Å². The summed E-state index contributed by atoms with van der Waals surface area (Å²) in [5.41, 5.74) is 5.47. The van der Waals surface area contributed by atoms with Crippen molar-refractivity contribution in [1.82, 2.24) is 15.0 Å². The number of nitrogens with zero attached hydrogens (tertiary/aromatic N) is 4. The lowest BCUT2D eigenvalue weighted by molar-refractivity contribution is -0.384. The van der Waals surface area contributed by atoms with Crippen LogP contribution in [0.2, 0.25) is 0 Å². The Labute approximate surface area is 165 Å². The maximum Gasteiger partial charge on any atom is 0.270 e. The third-order valence-corrected chi connectivity index (χ3v) is 5.07. The number of non-ortho nitro benzene ring substituents is 1. The van der Waals surface area contributed by atoms with E-state index >= 15 is 0 Å². The number of hydrogen-bond donors (Lipinski definition) is 1. The quantitative estimate of drug-likeness (QED) is 0.284. The summed E-state index contributed by atoms with van der Waals surface area (Å²) < 4.78 is 2.06. The number of carbonyl (C=O) groups excluding carboxylic acids is 1. The first kappa shape index (κ1) is 19.6. The number of nitro benzene ring substituents is 1. The topological polar surface area (TPSA) is 102 Å². The number of imidazole rings is 1. The fourth-order valence-electron chi connectivity index (χ4n) is 2.69. The normalized spacial score (nSPS) is 11.6. The Hall–Kier alpha value is -3.20. The van der Waals surface area contributed by atoms with Crippen molar-refractivity contribution in [3.63, 3.8) is 0 Å². The van der Waals surface area contributed by atoms with Crippen LogP contribution in [0.3, 0.4) is 0 Å². The van der Waals surface area contributed by atoms with Crippen molar-refractivity contribution in [2.45, 2.75) is 25.5 Å². The van der Waals surface area contributed by atoms with Crippen molar-refractivity contribution in [3.05, 3.63) is 64.2 Å². The summed E-state index contributed by atoms with van der Waals surface area (Å²) in [6.07, 6.45) is 0. The van der Waals surface area contributed by atoms with Crippen molar-refractivity contribution in [3.8, 4) is 0 Å². The summed E-state index contributed by atoms with van der Waals surface area (Å²) in [4.78, 5) is 27.1. The van der Waals surface area contributed by atoms with Gasteiger partial charge >= 0.3 is 0 Å². The van der Waals surface area contributed by atoms with E-state index in [9.17, 15) is 14.9 Å². The Morgan fingerprint density at radius 2 is 2.07 bits per heavy atom. The molecule has 28 heavy (non-hydrogen) atoms. The Kier molecular flexibility index (Phi) is 6.05. The highest BCUT2D eigenvalue weighted by atomic mass is 32.2. The van der Waals surface area contributed by atoms with Gasteiger partial charge in [0.25, 0.3) is 11.6 Å². The van der Waals surface area contributed by atoms with E-state index in [0.29, 0.717) is 11.3 Å². The second-order valence-corrected chi connectivity index (χ2v) is 6.90. The van der Waals surface area contributed by atoms with Crippen LogP contribution < -0.4 is 5.43 Å². The van der Waals surface area contributed by atoms with Gasteiger partial charge < -0.3 is 4.57 Å². The fraction of sp³-hybridized carbons (Fsp3) is 0.211. The second kappa shape index (κ2) is 8.66. The van der Waals surface area contributed by atoms with Gasteiger partial charge in [-0.2, -0.15) is 5.10 Å². The molecule has 3 aromatic rings. The SMILES string of the molecule is CCn1c(SCC(=O)N/N=C(/C)c2cccc([N+](=O)[O-])c2)nc2ccccc21. The summed E-state index contributed by atoms with van der Waals surface area (Å²) in [5, 5.41) is 15.7. The Morgan fingerprint density at radius 1 is 1.29 bits per heavy atom.